The van der Waals surface area contributed by atoms with Crippen molar-refractivity contribution in [1.82, 2.24) is 0 Å². The second kappa shape index (κ2) is 6.19. The minimum atomic E-state index is -0.443. The van der Waals surface area contributed by atoms with Gasteiger partial charge in [0.05, 0.1) is 12.7 Å². The molecule has 104 valence electrons. The van der Waals surface area contributed by atoms with Crippen LogP contribution in [0.1, 0.15) is 22.3 Å². The number of benzene rings is 2. The van der Waals surface area contributed by atoms with Gasteiger partial charge in [0, 0.05) is 12.1 Å². The number of halogens is 1. The fourth-order valence-electron chi connectivity index (χ4n) is 1.97. The number of carbonyl (C=O) groups excluding carboxylic acids is 1. The van der Waals surface area contributed by atoms with Crippen LogP contribution in [-0.2, 0) is 6.42 Å². The first kappa shape index (κ1) is 14.1. The minimum absolute atomic E-state index is 0.141. The number of nitrogen functional groups attached to an aromatic ring is 1. The number of nitrogens with two attached hydrogens (primary N) is 1. The molecule has 0 spiro atoms. The maximum atomic E-state index is 13.2. The lowest BCUT2D eigenvalue weighted by atomic mass is 10.0. The van der Waals surface area contributed by atoms with Gasteiger partial charge in [0.1, 0.15) is 11.6 Å². The zero-order valence-electron chi connectivity index (χ0n) is 11.2. The van der Waals surface area contributed by atoms with Gasteiger partial charge in [0.2, 0.25) is 0 Å². The van der Waals surface area contributed by atoms with Gasteiger partial charge in [-0.2, -0.15) is 0 Å². The van der Waals surface area contributed by atoms with Gasteiger partial charge in [-0.1, -0.05) is 12.1 Å². The number of Topliss-reactive ketones (excluding diaryl/α,β-unsaturated/α-hetero) is 1. The highest BCUT2D eigenvalue weighted by Crippen LogP contribution is 2.21. The molecule has 0 saturated heterocycles. The molecular weight excluding hydrogens is 257 g/mol. The Morgan fingerprint density at radius 2 is 1.90 bits per heavy atom. The summed E-state index contributed by atoms with van der Waals surface area (Å²) in [6.07, 6.45) is 0.877. The maximum absolute atomic E-state index is 13.2. The number of rotatable bonds is 5. The van der Waals surface area contributed by atoms with Crippen molar-refractivity contribution in [3.05, 3.63) is 59.4 Å². The average molecular weight is 273 g/mol. The van der Waals surface area contributed by atoms with Crippen LogP contribution in [0.3, 0.4) is 0 Å². The number of methoxy groups -OCH3 is 1. The normalized spacial score (nSPS) is 10.3. The van der Waals surface area contributed by atoms with Crippen LogP contribution in [0, 0.1) is 5.82 Å². The SMILES string of the molecule is COc1ccc(F)cc1C(=O)CCc1ccc(N)cc1. The van der Waals surface area contributed by atoms with Crippen molar-refractivity contribution in [2.24, 2.45) is 0 Å². The molecule has 2 N–H and O–H groups in total. The zero-order valence-corrected chi connectivity index (χ0v) is 11.2. The van der Waals surface area contributed by atoms with Crippen LogP contribution in [0.15, 0.2) is 42.5 Å². The molecule has 0 aliphatic carbocycles. The molecule has 0 heterocycles. The van der Waals surface area contributed by atoms with Gasteiger partial charge in [-0.3, -0.25) is 4.79 Å². The van der Waals surface area contributed by atoms with E-state index in [1.54, 1.807) is 12.1 Å². The number of hydrogen-bond acceptors (Lipinski definition) is 3. The van der Waals surface area contributed by atoms with E-state index in [0.717, 1.165) is 5.56 Å². The molecule has 0 aromatic heterocycles. The molecule has 0 aliphatic rings. The van der Waals surface area contributed by atoms with E-state index in [-0.39, 0.29) is 11.3 Å². The molecule has 2 aromatic rings. The summed E-state index contributed by atoms with van der Waals surface area (Å²) >= 11 is 0. The van der Waals surface area contributed by atoms with Crippen molar-refractivity contribution in [3.63, 3.8) is 0 Å². The second-order valence-corrected chi connectivity index (χ2v) is 4.51. The van der Waals surface area contributed by atoms with Gasteiger partial charge in [-0.15, -0.1) is 0 Å². The molecule has 0 unspecified atom stereocenters. The van der Waals surface area contributed by atoms with Gasteiger partial charge < -0.3 is 10.5 Å². The lowest BCUT2D eigenvalue weighted by Gasteiger charge is -2.08. The predicted molar refractivity (Wildman–Crippen MR) is 76.5 cm³/mol. The Labute approximate surface area is 117 Å². The van der Waals surface area contributed by atoms with Crippen LogP contribution in [0.4, 0.5) is 10.1 Å². The van der Waals surface area contributed by atoms with E-state index in [2.05, 4.69) is 0 Å². The van der Waals surface area contributed by atoms with E-state index < -0.39 is 5.82 Å². The van der Waals surface area contributed by atoms with E-state index in [4.69, 9.17) is 10.5 Å². The van der Waals surface area contributed by atoms with Gasteiger partial charge >= 0.3 is 0 Å². The highest BCUT2D eigenvalue weighted by Gasteiger charge is 2.13. The van der Waals surface area contributed by atoms with Crippen LogP contribution in [-0.4, -0.2) is 12.9 Å². The summed E-state index contributed by atoms with van der Waals surface area (Å²) in [4.78, 5) is 12.1. The van der Waals surface area contributed by atoms with E-state index >= 15 is 0 Å². The fraction of sp³-hybridized carbons (Fsp3) is 0.188. The molecule has 2 aromatic carbocycles. The quantitative estimate of drug-likeness (QED) is 0.672. The van der Waals surface area contributed by atoms with Crippen molar-refractivity contribution < 1.29 is 13.9 Å². The summed E-state index contributed by atoms with van der Waals surface area (Å²) in [6.45, 7) is 0. The Balaban J connectivity index is 2.08. The topological polar surface area (TPSA) is 52.3 Å². The Hall–Kier alpha value is -2.36. The van der Waals surface area contributed by atoms with E-state index in [9.17, 15) is 9.18 Å². The summed E-state index contributed by atoms with van der Waals surface area (Å²) < 4.78 is 18.3. The number of ether oxygens (including phenoxy) is 1. The summed E-state index contributed by atoms with van der Waals surface area (Å²) in [5.74, 6) is -0.187. The largest absolute Gasteiger partial charge is 0.496 e. The first-order chi connectivity index (χ1) is 9.60. The summed E-state index contributed by atoms with van der Waals surface area (Å²) in [6, 6.07) is 11.3. The third-order valence-corrected chi connectivity index (χ3v) is 3.08. The van der Waals surface area contributed by atoms with Crippen LogP contribution in [0.25, 0.3) is 0 Å². The van der Waals surface area contributed by atoms with Crippen LogP contribution < -0.4 is 10.5 Å². The van der Waals surface area contributed by atoms with Crippen LogP contribution in [0.5, 0.6) is 5.75 Å². The van der Waals surface area contributed by atoms with Gasteiger partial charge in [0.15, 0.2) is 5.78 Å². The summed E-state index contributed by atoms with van der Waals surface area (Å²) in [5.41, 5.74) is 7.59. The fourth-order valence-corrected chi connectivity index (χ4v) is 1.97. The smallest absolute Gasteiger partial charge is 0.167 e. The number of ketones is 1. The highest BCUT2D eigenvalue weighted by atomic mass is 19.1. The van der Waals surface area contributed by atoms with Gasteiger partial charge in [-0.25, -0.2) is 4.39 Å². The highest BCUT2D eigenvalue weighted by molar-refractivity contribution is 5.98. The molecule has 0 atom stereocenters. The standard InChI is InChI=1S/C16H16FNO2/c1-20-16-9-5-12(17)10-14(16)15(19)8-4-11-2-6-13(18)7-3-11/h2-3,5-7,9-10H,4,8,18H2,1H3. The third kappa shape index (κ3) is 3.35. The molecule has 20 heavy (non-hydrogen) atoms. The number of aryl methyl sites for hydroxylation is 1. The number of anilines is 1. The second-order valence-electron chi connectivity index (χ2n) is 4.51. The molecule has 0 fully saturated rings. The minimum Gasteiger partial charge on any atom is -0.496 e. The predicted octanol–water partition coefficient (Wildman–Crippen LogP) is 3.23. The molecule has 0 saturated carbocycles. The first-order valence-corrected chi connectivity index (χ1v) is 6.31. The Kier molecular flexibility index (Phi) is 4.35. The molecule has 0 amide bonds. The molecule has 2 rings (SSSR count). The Morgan fingerprint density at radius 3 is 2.55 bits per heavy atom. The van der Waals surface area contributed by atoms with Crippen molar-refractivity contribution in [3.8, 4) is 5.75 Å². The van der Waals surface area contributed by atoms with E-state index in [0.29, 0.717) is 24.3 Å². The van der Waals surface area contributed by atoms with Crippen molar-refractivity contribution in [1.29, 1.82) is 0 Å². The summed E-state index contributed by atoms with van der Waals surface area (Å²) in [7, 11) is 1.46. The van der Waals surface area contributed by atoms with Gasteiger partial charge in [-0.05, 0) is 42.3 Å². The average Bonchev–Trinajstić information content (AvgIpc) is 2.46. The van der Waals surface area contributed by atoms with E-state index in [1.165, 1.54) is 25.3 Å². The molecule has 0 radical (unpaired) electrons. The Bertz CT molecular complexity index is 608. The molecule has 0 bridgehead atoms. The van der Waals surface area contributed by atoms with Crippen LogP contribution in [0.2, 0.25) is 0 Å². The Morgan fingerprint density at radius 1 is 1.20 bits per heavy atom. The molecule has 0 aliphatic heterocycles. The monoisotopic (exact) mass is 273 g/mol. The summed E-state index contributed by atoms with van der Waals surface area (Å²) in [5, 5.41) is 0. The maximum Gasteiger partial charge on any atom is 0.167 e. The lowest BCUT2D eigenvalue weighted by Crippen LogP contribution is -2.04. The van der Waals surface area contributed by atoms with Crippen molar-refractivity contribution in [2.75, 3.05) is 12.8 Å². The van der Waals surface area contributed by atoms with E-state index in [1.807, 2.05) is 12.1 Å². The molecular formula is C16H16FNO2. The first-order valence-electron chi connectivity index (χ1n) is 6.31. The lowest BCUT2D eigenvalue weighted by molar-refractivity contribution is 0.0979. The van der Waals surface area contributed by atoms with Gasteiger partial charge in [0.25, 0.3) is 0 Å². The number of hydrogen-bond donors (Lipinski definition) is 1. The third-order valence-electron chi connectivity index (χ3n) is 3.08. The number of carbonyl (C=O) groups is 1. The molecule has 3 nitrogen and oxygen atoms in total. The van der Waals surface area contributed by atoms with Crippen molar-refractivity contribution >= 4 is 11.5 Å². The van der Waals surface area contributed by atoms with Crippen molar-refractivity contribution in [2.45, 2.75) is 12.8 Å². The zero-order chi connectivity index (χ0) is 14.5. The van der Waals surface area contributed by atoms with Crippen LogP contribution >= 0.6 is 0 Å². The molecule has 4 heteroatoms.